The molecule has 4 nitrogen and oxygen atoms in total. The average Bonchev–Trinajstić information content (AvgIpc) is 2.87. The zero-order valence-corrected chi connectivity index (χ0v) is 10.4. The zero-order chi connectivity index (χ0) is 14.4. The van der Waals surface area contributed by atoms with Gasteiger partial charge in [0.15, 0.2) is 6.23 Å². The summed E-state index contributed by atoms with van der Waals surface area (Å²) in [7, 11) is 0. The molecule has 0 saturated carbocycles. The van der Waals surface area contributed by atoms with E-state index in [0.29, 0.717) is 5.56 Å². The van der Waals surface area contributed by atoms with Crippen molar-refractivity contribution in [2.45, 2.75) is 24.6 Å². The van der Waals surface area contributed by atoms with Crippen molar-refractivity contribution in [2.24, 2.45) is 10.9 Å². The molecule has 3 rings (SSSR count). The number of halogens is 3. The Balaban J connectivity index is 2.03. The second kappa shape index (κ2) is 4.46. The van der Waals surface area contributed by atoms with Crippen LogP contribution in [0.5, 0.6) is 0 Å². The third-order valence-corrected chi connectivity index (χ3v) is 3.64. The van der Waals surface area contributed by atoms with Crippen LogP contribution in [0.15, 0.2) is 35.3 Å². The van der Waals surface area contributed by atoms with E-state index in [4.69, 9.17) is 4.74 Å². The number of aliphatic imine (C=N–C) groups is 1. The van der Waals surface area contributed by atoms with Crippen LogP contribution in [0, 0.1) is 5.92 Å². The quantitative estimate of drug-likeness (QED) is 0.825. The lowest BCUT2D eigenvalue weighted by Crippen LogP contribution is -2.67. The Morgan fingerprint density at radius 1 is 1.30 bits per heavy atom. The first-order valence-corrected chi connectivity index (χ1v) is 6.24. The van der Waals surface area contributed by atoms with Crippen molar-refractivity contribution in [3.8, 4) is 0 Å². The molecule has 20 heavy (non-hydrogen) atoms. The molecule has 0 aliphatic carbocycles. The largest absolute Gasteiger partial charge is 0.436 e. The van der Waals surface area contributed by atoms with Gasteiger partial charge in [0.1, 0.15) is 5.84 Å². The summed E-state index contributed by atoms with van der Waals surface area (Å²) in [5, 5.41) is 12.3. The molecule has 0 spiro atoms. The molecule has 1 aromatic carbocycles. The van der Waals surface area contributed by atoms with Crippen molar-refractivity contribution in [2.75, 3.05) is 6.61 Å². The van der Waals surface area contributed by atoms with E-state index in [1.807, 2.05) is 0 Å². The highest BCUT2D eigenvalue weighted by atomic mass is 19.4. The number of nitrogens with one attached hydrogen (secondary N) is 1. The van der Waals surface area contributed by atoms with E-state index in [9.17, 15) is 18.3 Å². The van der Waals surface area contributed by atoms with E-state index >= 15 is 0 Å². The topological polar surface area (TPSA) is 53.8 Å². The molecular weight excluding hydrogens is 273 g/mol. The van der Waals surface area contributed by atoms with Gasteiger partial charge >= 0.3 is 6.18 Å². The van der Waals surface area contributed by atoms with Crippen LogP contribution in [-0.4, -0.2) is 35.7 Å². The smallest absolute Gasteiger partial charge is 0.363 e. The molecule has 2 N–H and O–H groups in total. The molecule has 2 aliphatic heterocycles. The number of aliphatic hydroxyl groups is 1. The zero-order valence-electron chi connectivity index (χ0n) is 10.4. The molecule has 2 heterocycles. The van der Waals surface area contributed by atoms with Gasteiger partial charge in [-0.2, -0.15) is 13.2 Å². The van der Waals surface area contributed by atoms with E-state index < -0.39 is 24.0 Å². The third-order valence-electron chi connectivity index (χ3n) is 3.64. The number of rotatable bonds is 1. The van der Waals surface area contributed by atoms with E-state index in [0.717, 1.165) is 0 Å². The molecule has 7 heteroatoms. The number of alkyl halides is 3. The number of hydrogen-bond donors (Lipinski definition) is 2. The van der Waals surface area contributed by atoms with Crippen LogP contribution in [0.25, 0.3) is 0 Å². The molecule has 0 bridgehead atoms. The normalized spacial score (nSPS) is 33.3. The number of ether oxygens (including phenoxy) is 1. The highest BCUT2D eigenvalue weighted by Gasteiger charge is 2.64. The molecule has 108 valence electrons. The van der Waals surface area contributed by atoms with Crippen LogP contribution >= 0.6 is 0 Å². The van der Waals surface area contributed by atoms with Gasteiger partial charge in [0.2, 0.25) is 5.72 Å². The maximum atomic E-state index is 13.2. The number of amidine groups is 1. The Hall–Kier alpha value is -1.60. The lowest BCUT2D eigenvalue weighted by molar-refractivity contribution is -0.292. The minimum absolute atomic E-state index is 0.00595. The Morgan fingerprint density at radius 2 is 2.00 bits per heavy atom. The van der Waals surface area contributed by atoms with Crippen molar-refractivity contribution in [1.29, 1.82) is 0 Å². The first kappa shape index (κ1) is 13.4. The molecule has 0 amide bonds. The summed E-state index contributed by atoms with van der Waals surface area (Å²) in [5.74, 6) is -1.14. The van der Waals surface area contributed by atoms with Gasteiger partial charge < -0.3 is 15.2 Å². The van der Waals surface area contributed by atoms with E-state index in [1.165, 1.54) is 0 Å². The molecule has 3 atom stereocenters. The fraction of sp³-hybridized carbons (Fsp3) is 0.462. The lowest BCUT2D eigenvalue weighted by Gasteiger charge is -2.41. The number of benzene rings is 1. The highest BCUT2D eigenvalue weighted by molar-refractivity contribution is 5.99. The van der Waals surface area contributed by atoms with Crippen molar-refractivity contribution in [3.05, 3.63) is 35.9 Å². The van der Waals surface area contributed by atoms with Gasteiger partial charge in [-0.05, 0) is 6.42 Å². The summed E-state index contributed by atoms with van der Waals surface area (Å²) in [6, 6.07) is 8.37. The van der Waals surface area contributed by atoms with E-state index in [-0.39, 0.29) is 18.9 Å². The maximum absolute atomic E-state index is 13.2. The minimum Gasteiger partial charge on any atom is -0.363 e. The van der Waals surface area contributed by atoms with Crippen LogP contribution in [0.4, 0.5) is 13.2 Å². The number of hydrogen-bond acceptors (Lipinski definition) is 4. The van der Waals surface area contributed by atoms with Gasteiger partial charge in [-0.1, -0.05) is 30.3 Å². The summed E-state index contributed by atoms with van der Waals surface area (Å²) in [5.41, 5.74) is -2.54. The Morgan fingerprint density at radius 3 is 2.65 bits per heavy atom. The molecular formula is C13H13F3N2O2. The van der Waals surface area contributed by atoms with Crippen molar-refractivity contribution < 1.29 is 23.0 Å². The monoisotopic (exact) mass is 286 g/mol. The predicted octanol–water partition coefficient (Wildman–Crippen LogP) is 1.65. The first-order valence-electron chi connectivity index (χ1n) is 6.24. The lowest BCUT2D eigenvalue weighted by atomic mass is 9.89. The van der Waals surface area contributed by atoms with E-state index in [2.05, 4.69) is 10.3 Å². The van der Waals surface area contributed by atoms with Gasteiger partial charge in [0.25, 0.3) is 0 Å². The minimum atomic E-state index is -4.81. The van der Waals surface area contributed by atoms with Gasteiger partial charge in [-0.3, -0.25) is 0 Å². The number of fused-ring (bicyclic) bond motifs is 1. The molecule has 0 radical (unpaired) electrons. The maximum Gasteiger partial charge on any atom is 0.436 e. The molecule has 2 aliphatic rings. The summed E-state index contributed by atoms with van der Waals surface area (Å²) in [6.45, 7) is 0.154. The summed E-state index contributed by atoms with van der Waals surface area (Å²) in [6.07, 6.45) is -5.67. The molecule has 3 unspecified atom stereocenters. The summed E-state index contributed by atoms with van der Waals surface area (Å²) in [4.78, 5) is 4.15. The third kappa shape index (κ3) is 1.97. The molecule has 1 fully saturated rings. The second-order valence-electron chi connectivity index (χ2n) is 4.89. The molecule has 1 aromatic rings. The Bertz CT molecular complexity index is 532. The first-order chi connectivity index (χ1) is 9.42. The highest BCUT2D eigenvalue weighted by Crippen LogP contribution is 2.43. The van der Waals surface area contributed by atoms with Gasteiger partial charge in [-0.15, -0.1) is 0 Å². The number of nitrogens with zero attached hydrogens (tertiary/aromatic N) is 1. The Labute approximate surface area is 113 Å². The van der Waals surface area contributed by atoms with E-state index in [1.54, 1.807) is 30.3 Å². The second-order valence-corrected chi connectivity index (χ2v) is 4.89. The van der Waals surface area contributed by atoms with Crippen LogP contribution in [0.2, 0.25) is 0 Å². The SMILES string of the molecule is OC1(C(F)(F)F)NC(c2ccccc2)=NC2OCCC21. The predicted molar refractivity (Wildman–Crippen MR) is 65.0 cm³/mol. The van der Waals surface area contributed by atoms with Crippen molar-refractivity contribution in [3.63, 3.8) is 0 Å². The van der Waals surface area contributed by atoms with Gasteiger partial charge in [-0.25, -0.2) is 4.99 Å². The van der Waals surface area contributed by atoms with Crippen LogP contribution in [0.1, 0.15) is 12.0 Å². The Kier molecular flexibility index (Phi) is 2.98. The van der Waals surface area contributed by atoms with Crippen molar-refractivity contribution >= 4 is 5.84 Å². The molecule has 0 aromatic heterocycles. The summed E-state index contributed by atoms with van der Waals surface area (Å²) >= 11 is 0. The van der Waals surface area contributed by atoms with Crippen LogP contribution in [0.3, 0.4) is 0 Å². The fourth-order valence-corrected chi connectivity index (χ4v) is 2.57. The van der Waals surface area contributed by atoms with Gasteiger partial charge in [0.05, 0.1) is 5.92 Å². The molecule has 1 saturated heterocycles. The van der Waals surface area contributed by atoms with Gasteiger partial charge in [0, 0.05) is 12.2 Å². The standard InChI is InChI=1S/C13H13F3N2O2/c14-13(15,16)12(19)9-6-7-20-11(9)17-10(18-12)8-4-2-1-3-5-8/h1-5,9,11,19H,6-7H2,(H,17,18). The average molecular weight is 286 g/mol. The van der Waals surface area contributed by atoms with Crippen LogP contribution < -0.4 is 5.32 Å². The fourth-order valence-electron chi connectivity index (χ4n) is 2.57. The summed E-state index contributed by atoms with van der Waals surface area (Å²) < 4.78 is 44.9. The van der Waals surface area contributed by atoms with Crippen LogP contribution in [-0.2, 0) is 4.74 Å². The van der Waals surface area contributed by atoms with Crippen molar-refractivity contribution in [1.82, 2.24) is 5.32 Å².